The fraction of sp³-hybridized carbons (Fsp3) is 0.667. The van der Waals surface area contributed by atoms with Crippen molar-refractivity contribution in [2.24, 2.45) is 0 Å². The van der Waals surface area contributed by atoms with Crippen molar-refractivity contribution in [2.75, 3.05) is 10.2 Å². The molecule has 0 aromatic heterocycles. The average molecular weight is 340 g/mol. The van der Waals surface area contributed by atoms with Crippen LogP contribution in [-0.4, -0.2) is 22.6 Å². The van der Waals surface area contributed by atoms with Crippen LogP contribution >= 0.6 is 16.1 Å². The summed E-state index contributed by atoms with van der Waals surface area (Å²) in [6.07, 6.45) is 0. The molecule has 0 bridgehead atoms. The van der Waals surface area contributed by atoms with E-state index >= 15 is 0 Å². The third kappa shape index (κ3) is 4.84. The Morgan fingerprint density at radius 3 is 1.50 bits per heavy atom. The third-order valence-corrected chi connectivity index (χ3v) is 10.5. The molecule has 0 aliphatic carbocycles. The molecular formula is C18H34N2P2. The van der Waals surface area contributed by atoms with E-state index in [9.17, 15) is 0 Å². The monoisotopic (exact) mass is 340 g/mol. The number of nitrogens with two attached hydrogens (primary N) is 1. The second kappa shape index (κ2) is 8.51. The number of hydrogen-bond donors (Lipinski definition) is 1. The SMILES string of the molecule is CC(C)P(C(C)C)N(c1cccc(N)c1)P(C(C)C)C(C)C. The maximum absolute atomic E-state index is 6.09. The molecule has 1 rings (SSSR count). The van der Waals surface area contributed by atoms with Crippen LogP contribution in [0.25, 0.3) is 0 Å². The third-order valence-electron chi connectivity index (χ3n) is 3.65. The van der Waals surface area contributed by atoms with Gasteiger partial charge in [-0.05, 0) is 40.8 Å². The molecule has 1 aromatic carbocycles. The van der Waals surface area contributed by atoms with Crippen LogP contribution in [0.4, 0.5) is 11.4 Å². The van der Waals surface area contributed by atoms with Crippen molar-refractivity contribution in [1.82, 2.24) is 0 Å². The summed E-state index contributed by atoms with van der Waals surface area (Å²) in [5.41, 5.74) is 11.0. The molecule has 0 heterocycles. The minimum atomic E-state index is -0.228. The standard InChI is InChI=1S/C18H34N2P2/c1-13(2)21(14(3)4)20(22(15(5)6)16(7)8)18-11-9-10-17(19)12-18/h9-16H,19H2,1-8H3. The van der Waals surface area contributed by atoms with Crippen LogP contribution in [-0.2, 0) is 0 Å². The quantitative estimate of drug-likeness (QED) is 0.453. The van der Waals surface area contributed by atoms with Gasteiger partial charge in [0, 0.05) is 27.5 Å². The van der Waals surface area contributed by atoms with Crippen LogP contribution in [0.15, 0.2) is 24.3 Å². The molecule has 0 aliphatic heterocycles. The van der Waals surface area contributed by atoms with Gasteiger partial charge >= 0.3 is 0 Å². The fourth-order valence-corrected chi connectivity index (χ4v) is 11.5. The van der Waals surface area contributed by atoms with Crippen LogP contribution in [0.3, 0.4) is 0 Å². The first-order valence-electron chi connectivity index (χ1n) is 8.39. The summed E-state index contributed by atoms with van der Waals surface area (Å²) in [5.74, 6) is 0. The molecule has 0 atom stereocenters. The first kappa shape index (κ1) is 19.7. The molecular weight excluding hydrogens is 306 g/mol. The van der Waals surface area contributed by atoms with Gasteiger partial charge < -0.3 is 10.2 Å². The molecule has 126 valence electrons. The fourth-order valence-electron chi connectivity index (χ4n) is 3.10. The second-order valence-corrected chi connectivity index (χ2v) is 13.8. The predicted octanol–water partition coefficient (Wildman–Crippen LogP) is 6.50. The molecule has 0 fully saturated rings. The zero-order chi connectivity index (χ0) is 17.0. The van der Waals surface area contributed by atoms with E-state index in [0.29, 0.717) is 22.6 Å². The summed E-state index contributed by atoms with van der Waals surface area (Å²) >= 11 is 0. The Kier molecular flexibility index (Phi) is 7.63. The number of anilines is 2. The lowest BCUT2D eigenvalue weighted by molar-refractivity contribution is 0.980. The van der Waals surface area contributed by atoms with Crippen molar-refractivity contribution in [1.29, 1.82) is 0 Å². The number of benzene rings is 1. The minimum absolute atomic E-state index is 0.228. The molecule has 0 aliphatic rings. The van der Waals surface area contributed by atoms with Gasteiger partial charge in [0.25, 0.3) is 0 Å². The average Bonchev–Trinajstić information content (AvgIpc) is 2.35. The number of hydrogen-bond acceptors (Lipinski definition) is 2. The molecule has 2 nitrogen and oxygen atoms in total. The van der Waals surface area contributed by atoms with Crippen molar-refractivity contribution in [3.63, 3.8) is 0 Å². The molecule has 4 heteroatoms. The van der Waals surface area contributed by atoms with Crippen molar-refractivity contribution in [2.45, 2.75) is 78.0 Å². The molecule has 0 spiro atoms. The first-order chi connectivity index (χ1) is 10.2. The Hall–Kier alpha value is -0.320. The van der Waals surface area contributed by atoms with Gasteiger partial charge in [-0.15, -0.1) is 0 Å². The van der Waals surface area contributed by atoms with Crippen LogP contribution in [0, 0.1) is 0 Å². The lowest BCUT2D eigenvalue weighted by Crippen LogP contribution is -2.26. The topological polar surface area (TPSA) is 29.3 Å². The van der Waals surface area contributed by atoms with E-state index in [2.05, 4.69) is 78.0 Å². The molecule has 22 heavy (non-hydrogen) atoms. The Morgan fingerprint density at radius 2 is 1.18 bits per heavy atom. The Balaban J connectivity index is 3.42. The van der Waals surface area contributed by atoms with E-state index < -0.39 is 0 Å². The van der Waals surface area contributed by atoms with Crippen LogP contribution in [0.1, 0.15) is 55.4 Å². The van der Waals surface area contributed by atoms with Crippen LogP contribution < -0.4 is 10.2 Å². The Bertz CT molecular complexity index is 422. The largest absolute Gasteiger partial charge is 0.399 e. The van der Waals surface area contributed by atoms with Gasteiger partial charge in [-0.2, -0.15) is 0 Å². The van der Waals surface area contributed by atoms with Gasteiger partial charge in [-0.3, -0.25) is 0 Å². The molecule has 0 amide bonds. The van der Waals surface area contributed by atoms with E-state index in [0.717, 1.165) is 5.69 Å². The van der Waals surface area contributed by atoms with Crippen LogP contribution in [0.5, 0.6) is 0 Å². The summed E-state index contributed by atoms with van der Waals surface area (Å²) in [7, 11) is -0.457. The zero-order valence-electron chi connectivity index (χ0n) is 15.5. The van der Waals surface area contributed by atoms with E-state index in [1.54, 1.807) is 0 Å². The Labute approximate surface area is 140 Å². The molecule has 2 N–H and O–H groups in total. The summed E-state index contributed by atoms with van der Waals surface area (Å²) < 4.78 is 2.78. The van der Waals surface area contributed by atoms with Crippen molar-refractivity contribution >= 4 is 27.5 Å². The zero-order valence-corrected chi connectivity index (χ0v) is 17.3. The number of rotatable bonds is 7. The van der Waals surface area contributed by atoms with E-state index in [-0.39, 0.29) is 16.1 Å². The van der Waals surface area contributed by atoms with E-state index in [1.807, 2.05) is 6.07 Å². The van der Waals surface area contributed by atoms with Crippen molar-refractivity contribution < 1.29 is 0 Å². The van der Waals surface area contributed by atoms with E-state index in [4.69, 9.17) is 5.73 Å². The van der Waals surface area contributed by atoms with Crippen molar-refractivity contribution in [3.8, 4) is 0 Å². The lowest BCUT2D eigenvalue weighted by Gasteiger charge is -2.47. The van der Waals surface area contributed by atoms with Gasteiger partial charge in [0.1, 0.15) is 0 Å². The molecule has 0 saturated carbocycles. The highest BCUT2D eigenvalue weighted by Gasteiger charge is 2.34. The van der Waals surface area contributed by atoms with Crippen LogP contribution in [0.2, 0.25) is 0 Å². The highest BCUT2D eigenvalue weighted by atomic mass is 31.2. The van der Waals surface area contributed by atoms with Gasteiger partial charge in [-0.1, -0.05) is 61.5 Å². The molecule has 0 radical (unpaired) electrons. The number of nitrogens with zero attached hydrogens (tertiary/aromatic N) is 1. The molecule has 1 aromatic rings. The number of nitrogen functional groups attached to an aromatic ring is 1. The summed E-state index contributed by atoms with van der Waals surface area (Å²) in [6, 6.07) is 8.50. The van der Waals surface area contributed by atoms with Gasteiger partial charge in [0.2, 0.25) is 0 Å². The highest BCUT2D eigenvalue weighted by Crippen LogP contribution is 2.66. The van der Waals surface area contributed by atoms with Gasteiger partial charge in [-0.25, -0.2) is 0 Å². The summed E-state index contributed by atoms with van der Waals surface area (Å²) in [6.45, 7) is 19.0. The molecule has 0 unspecified atom stereocenters. The highest BCUT2D eigenvalue weighted by molar-refractivity contribution is 7.78. The maximum atomic E-state index is 6.09. The maximum Gasteiger partial charge on any atom is 0.0454 e. The first-order valence-corrected chi connectivity index (χ1v) is 11.3. The predicted molar refractivity (Wildman–Crippen MR) is 108 cm³/mol. The molecule has 0 saturated heterocycles. The van der Waals surface area contributed by atoms with Crippen molar-refractivity contribution in [3.05, 3.63) is 24.3 Å². The summed E-state index contributed by atoms with van der Waals surface area (Å²) in [5, 5.41) is 0. The smallest absolute Gasteiger partial charge is 0.0454 e. The van der Waals surface area contributed by atoms with Gasteiger partial charge in [0.15, 0.2) is 0 Å². The minimum Gasteiger partial charge on any atom is -0.399 e. The van der Waals surface area contributed by atoms with E-state index in [1.165, 1.54) is 5.69 Å². The normalized spacial score (nSPS) is 12.5. The van der Waals surface area contributed by atoms with Gasteiger partial charge in [0.05, 0.1) is 0 Å². The summed E-state index contributed by atoms with van der Waals surface area (Å²) in [4.78, 5) is 0. The Morgan fingerprint density at radius 1 is 0.773 bits per heavy atom. The lowest BCUT2D eigenvalue weighted by atomic mass is 10.3. The second-order valence-electron chi connectivity index (χ2n) is 7.02.